The maximum Gasteiger partial charge on any atom is 0.221 e. The van der Waals surface area contributed by atoms with Crippen LogP contribution in [0.25, 0.3) is 0 Å². The lowest BCUT2D eigenvalue weighted by atomic mass is 10.2. The third kappa shape index (κ3) is 5.72. The van der Waals surface area contributed by atoms with Gasteiger partial charge in [-0.1, -0.05) is 23.7 Å². The van der Waals surface area contributed by atoms with Crippen LogP contribution in [-0.4, -0.2) is 17.9 Å². The Morgan fingerprint density at radius 1 is 1.25 bits per heavy atom. The van der Waals surface area contributed by atoms with Gasteiger partial charge in [0.15, 0.2) is 17.7 Å². The number of benzene rings is 2. The van der Waals surface area contributed by atoms with Gasteiger partial charge in [0, 0.05) is 10.6 Å². The first kappa shape index (κ1) is 18.0. The zero-order valence-electron chi connectivity index (χ0n) is 13.2. The third-order valence-electron chi connectivity index (χ3n) is 2.99. The second kappa shape index (κ2) is 9.10. The summed E-state index contributed by atoms with van der Waals surface area (Å²) in [5.41, 5.74) is 9.85. The van der Waals surface area contributed by atoms with E-state index < -0.39 is 0 Å². The highest BCUT2D eigenvalue weighted by atomic mass is 35.5. The molecule has 5 nitrogen and oxygen atoms in total. The zero-order chi connectivity index (χ0) is 17.4. The molecule has 0 amide bonds. The predicted molar refractivity (Wildman–Crippen MR) is 99.4 cm³/mol. The molecule has 4 N–H and O–H groups in total. The van der Waals surface area contributed by atoms with E-state index in [9.17, 15) is 0 Å². The number of hydrogen-bond donors (Lipinski definition) is 3. The van der Waals surface area contributed by atoms with E-state index in [4.69, 9.17) is 39.0 Å². The third-order valence-corrected chi connectivity index (χ3v) is 3.32. The van der Waals surface area contributed by atoms with Crippen molar-refractivity contribution < 1.29 is 14.6 Å². The molecule has 0 aliphatic rings. The van der Waals surface area contributed by atoms with Crippen molar-refractivity contribution in [2.45, 2.75) is 13.5 Å². The standard InChI is InChI=1S/C17H18ClN3O2S/c1-2-22-16-9-12(10-20-21-17(19)24)6-7-15(16)23-11-13-4-3-5-14(18)8-13/h3-10H,2,11H2,1H3,(H3,19,21,24)/p+1. The Morgan fingerprint density at radius 3 is 2.79 bits per heavy atom. The Hall–Kier alpha value is -2.31. The fourth-order valence-corrected chi connectivity index (χ4v) is 2.25. The van der Waals surface area contributed by atoms with Crippen LogP contribution in [0, 0.1) is 0 Å². The molecule has 0 saturated carbocycles. The molecule has 2 aromatic carbocycles. The molecule has 2 rings (SSSR count). The quantitative estimate of drug-likeness (QED) is 0.395. The molecule has 0 aliphatic heterocycles. The number of hydrogen-bond acceptors (Lipinski definition) is 3. The molecule has 0 fully saturated rings. The van der Waals surface area contributed by atoms with Crippen LogP contribution >= 0.6 is 23.8 Å². The fraction of sp³-hybridized carbons (Fsp3) is 0.176. The van der Waals surface area contributed by atoms with Crippen molar-refractivity contribution in [3.05, 3.63) is 58.6 Å². The average molecular weight is 365 g/mol. The number of hydrazone groups is 1. The summed E-state index contributed by atoms with van der Waals surface area (Å²) >= 11 is 10.7. The molecule has 0 saturated heterocycles. The molecule has 0 atom stereocenters. The number of rotatable bonds is 7. The first-order valence-electron chi connectivity index (χ1n) is 7.36. The molecule has 0 spiro atoms. The van der Waals surface area contributed by atoms with Crippen molar-refractivity contribution >= 4 is 35.1 Å². The van der Waals surface area contributed by atoms with Crippen LogP contribution in [0.15, 0.2) is 42.5 Å². The van der Waals surface area contributed by atoms with E-state index in [1.807, 2.05) is 49.4 Å². The van der Waals surface area contributed by atoms with Gasteiger partial charge in [0.25, 0.3) is 0 Å². The van der Waals surface area contributed by atoms with Gasteiger partial charge in [-0.05, 0) is 55.0 Å². The highest BCUT2D eigenvalue weighted by molar-refractivity contribution is 7.80. The Bertz CT molecular complexity index is 738. The van der Waals surface area contributed by atoms with E-state index in [0.717, 1.165) is 11.1 Å². The molecule has 0 heterocycles. The number of thiocarbonyl (C=S) groups is 1. The first-order valence-corrected chi connectivity index (χ1v) is 8.15. The summed E-state index contributed by atoms with van der Waals surface area (Å²) in [6, 6.07) is 13.2. The molecule has 2 aromatic rings. The molecular weight excluding hydrogens is 346 g/mol. The minimum atomic E-state index is 0.165. The van der Waals surface area contributed by atoms with Crippen LogP contribution in [0.3, 0.4) is 0 Å². The van der Waals surface area contributed by atoms with Gasteiger partial charge in [0.2, 0.25) is 5.11 Å². The molecule has 126 valence electrons. The number of nitrogens with two attached hydrogens (primary N) is 1. The summed E-state index contributed by atoms with van der Waals surface area (Å²) in [6.07, 6.45) is 1.72. The van der Waals surface area contributed by atoms with Gasteiger partial charge in [-0.2, -0.15) is 0 Å². The lowest BCUT2D eigenvalue weighted by Crippen LogP contribution is -2.82. The Balaban J connectivity index is 2.10. The van der Waals surface area contributed by atoms with E-state index in [0.29, 0.717) is 29.7 Å². The van der Waals surface area contributed by atoms with Crippen LogP contribution in [0.4, 0.5) is 0 Å². The van der Waals surface area contributed by atoms with Gasteiger partial charge in [0.05, 0.1) is 6.61 Å². The first-order chi connectivity index (χ1) is 11.6. The summed E-state index contributed by atoms with van der Waals surface area (Å²) < 4.78 is 11.5. The average Bonchev–Trinajstić information content (AvgIpc) is 2.54. The minimum Gasteiger partial charge on any atom is -0.490 e. The number of nitrogens with one attached hydrogen (secondary N) is 2. The molecule has 0 radical (unpaired) electrons. The van der Waals surface area contributed by atoms with Crippen molar-refractivity contribution in [3.8, 4) is 11.5 Å². The lowest BCUT2D eigenvalue weighted by molar-refractivity contribution is -0.499. The Labute approximate surface area is 151 Å². The zero-order valence-corrected chi connectivity index (χ0v) is 14.8. The van der Waals surface area contributed by atoms with E-state index in [-0.39, 0.29) is 5.11 Å². The maximum atomic E-state index is 5.98. The summed E-state index contributed by atoms with van der Waals surface area (Å²) in [7, 11) is 0. The fourth-order valence-electron chi connectivity index (χ4n) is 1.98. The number of hydrazine groups is 1. The Kier molecular flexibility index (Phi) is 6.84. The molecule has 24 heavy (non-hydrogen) atoms. The van der Waals surface area contributed by atoms with Crippen molar-refractivity contribution in [1.29, 1.82) is 0 Å². The topological polar surface area (TPSA) is 70.5 Å². The second-order valence-corrected chi connectivity index (χ2v) is 5.71. The van der Waals surface area contributed by atoms with Crippen molar-refractivity contribution in [2.24, 2.45) is 5.73 Å². The molecule has 0 aliphatic carbocycles. The van der Waals surface area contributed by atoms with Gasteiger partial charge >= 0.3 is 0 Å². The normalized spacial score (nSPS) is 10.6. The van der Waals surface area contributed by atoms with E-state index in [1.165, 1.54) is 0 Å². The smallest absolute Gasteiger partial charge is 0.221 e. The highest BCUT2D eigenvalue weighted by Gasteiger charge is 2.08. The van der Waals surface area contributed by atoms with Crippen LogP contribution in [0.5, 0.6) is 11.5 Å². The predicted octanol–water partition coefficient (Wildman–Crippen LogP) is 1.57. The van der Waals surface area contributed by atoms with E-state index >= 15 is 0 Å². The van der Waals surface area contributed by atoms with Gasteiger partial charge < -0.3 is 15.2 Å². The van der Waals surface area contributed by atoms with E-state index in [2.05, 4.69) is 10.5 Å². The molecular formula is C17H19ClN3O2S+. The number of halogens is 1. The summed E-state index contributed by atoms with van der Waals surface area (Å²) in [5.74, 6) is 1.32. The molecule has 7 heteroatoms. The van der Waals surface area contributed by atoms with Crippen LogP contribution in [-0.2, 0) is 6.61 Å². The van der Waals surface area contributed by atoms with Crippen LogP contribution < -0.4 is 25.7 Å². The maximum absolute atomic E-state index is 5.98. The minimum absolute atomic E-state index is 0.165. The van der Waals surface area contributed by atoms with Crippen molar-refractivity contribution in [1.82, 2.24) is 5.43 Å². The van der Waals surface area contributed by atoms with Gasteiger partial charge in [0.1, 0.15) is 6.61 Å². The lowest BCUT2D eigenvalue weighted by Gasteiger charge is -2.12. The van der Waals surface area contributed by atoms with Gasteiger partial charge in [-0.15, -0.1) is 10.5 Å². The summed E-state index contributed by atoms with van der Waals surface area (Å²) in [6.45, 7) is 2.87. The largest absolute Gasteiger partial charge is 0.490 e. The van der Waals surface area contributed by atoms with Gasteiger partial charge in [-0.25, -0.2) is 0 Å². The van der Waals surface area contributed by atoms with E-state index in [1.54, 1.807) is 6.21 Å². The second-order valence-electron chi connectivity index (χ2n) is 4.84. The highest BCUT2D eigenvalue weighted by Crippen LogP contribution is 2.28. The SMILES string of the molecule is CCOc1cc(C=[NH+]NC(N)=S)ccc1OCc1cccc(Cl)c1. The number of ether oxygens (including phenoxy) is 2. The Morgan fingerprint density at radius 2 is 2.08 bits per heavy atom. The van der Waals surface area contributed by atoms with Crippen molar-refractivity contribution in [2.75, 3.05) is 6.61 Å². The van der Waals surface area contributed by atoms with Gasteiger partial charge in [-0.3, -0.25) is 0 Å². The van der Waals surface area contributed by atoms with Crippen molar-refractivity contribution in [3.63, 3.8) is 0 Å². The molecule has 0 bridgehead atoms. The summed E-state index contributed by atoms with van der Waals surface area (Å²) in [4.78, 5) is 0. The molecule has 0 unspecified atom stereocenters. The van der Waals surface area contributed by atoms with Crippen LogP contribution in [0.1, 0.15) is 18.1 Å². The molecule has 0 aromatic heterocycles. The monoisotopic (exact) mass is 364 g/mol. The van der Waals surface area contributed by atoms with Crippen LogP contribution in [0.2, 0.25) is 5.02 Å². The summed E-state index contributed by atoms with van der Waals surface area (Å²) in [5, 5.41) is 3.65.